The summed E-state index contributed by atoms with van der Waals surface area (Å²) in [5.74, 6) is -1.39. The van der Waals surface area contributed by atoms with E-state index >= 15 is 0 Å². The van der Waals surface area contributed by atoms with Gasteiger partial charge in [-0.15, -0.1) is 0 Å². The standard InChI is InChI=1S/C14H10BrFO2/c1-8-4-9(6-10(5-8)14(17)18)12-7-11(15)2-3-13(12)16/h2-7H,1H3,(H,17,18). The lowest BCUT2D eigenvalue weighted by Crippen LogP contribution is -1.98. The van der Waals surface area contributed by atoms with Crippen LogP contribution in [-0.2, 0) is 0 Å². The molecule has 2 nitrogen and oxygen atoms in total. The van der Waals surface area contributed by atoms with Crippen LogP contribution in [0.2, 0.25) is 0 Å². The minimum atomic E-state index is -1.02. The van der Waals surface area contributed by atoms with Crippen LogP contribution in [0.4, 0.5) is 4.39 Å². The minimum Gasteiger partial charge on any atom is -0.478 e. The Morgan fingerprint density at radius 2 is 1.94 bits per heavy atom. The first kappa shape index (κ1) is 12.8. The van der Waals surface area contributed by atoms with E-state index in [9.17, 15) is 9.18 Å². The van der Waals surface area contributed by atoms with E-state index in [1.807, 2.05) is 0 Å². The number of carbonyl (C=O) groups is 1. The lowest BCUT2D eigenvalue weighted by Gasteiger charge is -2.07. The largest absolute Gasteiger partial charge is 0.478 e. The number of carboxylic acids is 1. The summed E-state index contributed by atoms with van der Waals surface area (Å²) < 4.78 is 14.5. The van der Waals surface area contributed by atoms with Crippen molar-refractivity contribution in [2.45, 2.75) is 6.92 Å². The fraction of sp³-hybridized carbons (Fsp3) is 0.0714. The molecule has 0 saturated heterocycles. The van der Waals surface area contributed by atoms with Crippen LogP contribution in [0.3, 0.4) is 0 Å². The fourth-order valence-corrected chi connectivity index (χ4v) is 2.14. The Morgan fingerprint density at radius 3 is 2.61 bits per heavy atom. The Morgan fingerprint density at radius 1 is 1.22 bits per heavy atom. The van der Waals surface area contributed by atoms with Gasteiger partial charge in [0.1, 0.15) is 5.82 Å². The number of benzene rings is 2. The van der Waals surface area contributed by atoms with Crippen molar-refractivity contribution in [1.82, 2.24) is 0 Å². The van der Waals surface area contributed by atoms with Gasteiger partial charge in [0.15, 0.2) is 0 Å². The third kappa shape index (κ3) is 2.59. The van der Waals surface area contributed by atoms with Crippen molar-refractivity contribution in [2.75, 3.05) is 0 Å². The molecule has 4 heteroatoms. The van der Waals surface area contributed by atoms with E-state index in [4.69, 9.17) is 5.11 Å². The molecule has 0 unspecified atom stereocenters. The third-order valence-corrected chi connectivity index (χ3v) is 3.06. The lowest BCUT2D eigenvalue weighted by atomic mass is 10.00. The fourth-order valence-electron chi connectivity index (χ4n) is 1.78. The molecule has 2 rings (SSSR count). The van der Waals surface area contributed by atoms with Crippen LogP contribution in [-0.4, -0.2) is 11.1 Å². The van der Waals surface area contributed by atoms with Crippen LogP contribution in [0.1, 0.15) is 15.9 Å². The molecule has 0 heterocycles. The van der Waals surface area contributed by atoms with Gasteiger partial charge in [-0.25, -0.2) is 9.18 Å². The maximum Gasteiger partial charge on any atom is 0.335 e. The van der Waals surface area contributed by atoms with Crippen LogP contribution < -0.4 is 0 Å². The number of hydrogen-bond acceptors (Lipinski definition) is 1. The minimum absolute atomic E-state index is 0.157. The summed E-state index contributed by atoms with van der Waals surface area (Å²) in [5.41, 5.74) is 1.88. The van der Waals surface area contributed by atoms with Crippen molar-refractivity contribution < 1.29 is 14.3 Å². The molecule has 0 atom stereocenters. The number of halogens is 2. The van der Waals surface area contributed by atoms with Crippen molar-refractivity contribution in [3.8, 4) is 11.1 Å². The molecule has 0 radical (unpaired) electrons. The molecular formula is C14H10BrFO2. The summed E-state index contributed by atoms with van der Waals surface area (Å²) in [6.45, 7) is 1.78. The van der Waals surface area contributed by atoms with Gasteiger partial charge in [-0.05, 0) is 48.4 Å². The molecule has 0 bridgehead atoms. The SMILES string of the molecule is Cc1cc(C(=O)O)cc(-c2cc(Br)ccc2F)c1. The van der Waals surface area contributed by atoms with Crippen molar-refractivity contribution in [3.63, 3.8) is 0 Å². The van der Waals surface area contributed by atoms with Crippen molar-refractivity contribution in [2.24, 2.45) is 0 Å². The normalized spacial score (nSPS) is 10.4. The first-order valence-electron chi connectivity index (χ1n) is 5.28. The second-order valence-corrected chi connectivity index (χ2v) is 4.93. The number of carboxylic acid groups (broad SMARTS) is 1. The van der Waals surface area contributed by atoms with Gasteiger partial charge in [0.05, 0.1) is 5.56 Å². The van der Waals surface area contributed by atoms with Gasteiger partial charge in [-0.1, -0.05) is 22.0 Å². The van der Waals surface area contributed by atoms with Gasteiger partial charge in [0, 0.05) is 10.0 Å². The molecule has 0 spiro atoms. The molecule has 2 aromatic carbocycles. The molecule has 92 valence electrons. The van der Waals surface area contributed by atoms with Crippen LogP contribution >= 0.6 is 15.9 Å². The Hall–Kier alpha value is -1.68. The van der Waals surface area contributed by atoms with Crippen LogP contribution in [0.25, 0.3) is 11.1 Å². The maximum absolute atomic E-state index is 13.8. The first-order chi connectivity index (χ1) is 8.47. The van der Waals surface area contributed by atoms with Crippen molar-refractivity contribution >= 4 is 21.9 Å². The second kappa shape index (κ2) is 4.90. The quantitative estimate of drug-likeness (QED) is 0.900. The number of aryl methyl sites for hydroxylation is 1. The molecule has 0 aliphatic carbocycles. The molecular weight excluding hydrogens is 299 g/mol. The van der Waals surface area contributed by atoms with Crippen molar-refractivity contribution in [3.05, 3.63) is 57.8 Å². The molecule has 0 saturated carbocycles. The molecule has 1 N–H and O–H groups in total. The number of rotatable bonds is 2. The van der Waals surface area contributed by atoms with Crippen LogP contribution in [0, 0.1) is 12.7 Å². The van der Waals surface area contributed by atoms with E-state index in [1.165, 1.54) is 12.1 Å². The van der Waals surface area contributed by atoms with Crippen LogP contribution in [0.15, 0.2) is 40.9 Å². The molecule has 2 aromatic rings. The monoisotopic (exact) mass is 308 g/mol. The molecule has 0 aromatic heterocycles. The van der Waals surface area contributed by atoms with E-state index in [-0.39, 0.29) is 11.4 Å². The van der Waals surface area contributed by atoms with Gasteiger partial charge < -0.3 is 5.11 Å². The highest BCUT2D eigenvalue weighted by Crippen LogP contribution is 2.28. The second-order valence-electron chi connectivity index (χ2n) is 4.02. The Kier molecular flexibility index (Phi) is 3.48. The summed E-state index contributed by atoms with van der Waals surface area (Å²) in [5, 5.41) is 9.00. The number of hydrogen-bond donors (Lipinski definition) is 1. The zero-order valence-corrected chi connectivity index (χ0v) is 11.2. The summed E-state index contributed by atoms with van der Waals surface area (Å²) in [6, 6.07) is 9.38. The Bertz CT molecular complexity index is 623. The maximum atomic E-state index is 13.8. The van der Waals surface area contributed by atoms with E-state index in [1.54, 1.807) is 31.2 Å². The van der Waals surface area contributed by atoms with E-state index in [2.05, 4.69) is 15.9 Å². The molecule has 18 heavy (non-hydrogen) atoms. The van der Waals surface area contributed by atoms with E-state index in [0.29, 0.717) is 11.1 Å². The predicted octanol–water partition coefficient (Wildman–Crippen LogP) is 4.26. The molecule has 0 aliphatic heterocycles. The van der Waals surface area contributed by atoms with E-state index < -0.39 is 5.97 Å². The smallest absolute Gasteiger partial charge is 0.335 e. The van der Waals surface area contributed by atoms with E-state index in [0.717, 1.165) is 10.0 Å². The molecule has 0 fully saturated rings. The molecule has 0 aliphatic rings. The van der Waals surface area contributed by atoms with Gasteiger partial charge in [-0.2, -0.15) is 0 Å². The van der Waals surface area contributed by atoms with Crippen LogP contribution in [0.5, 0.6) is 0 Å². The predicted molar refractivity (Wildman–Crippen MR) is 71.2 cm³/mol. The highest BCUT2D eigenvalue weighted by Gasteiger charge is 2.10. The zero-order valence-electron chi connectivity index (χ0n) is 9.58. The Labute approximate surface area is 112 Å². The summed E-state index contributed by atoms with van der Waals surface area (Å²) in [7, 11) is 0. The topological polar surface area (TPSA) is 37.3 Å². The Balaban J connectivity index is 2.63. The molecule has 0 amide bonds. The first-order valence-corrected chi connectivity index (χ1v) is 6.07. The highest BCUT2D eigenvalue weighted by atomic mass is 79.9. The summed E-state index contributed by atoms with van der Waals surface area (Å²) in [4.78, 5) is 11.0. The number of aromatic carboxylic acids is 1. The zero-order chi connectivity index (χ0) is 13.3. The van der Waals surface area contributed by atoms with Gasteiger partial charge in [0.25, 0.3) is 0 Å². The average Bonchev–Trinajstić information content (AvgIpc) is 2.31. The summed E-state index contributed by atoms with van der Waals surface area (Å²) in [6.07, 6.45) is 0. The van der Waals surface area contributed by atoms with Crippen molar-refractivity contribution in [1.29, 1.82) is 0 Å². The highest BCUT2D eigenvalue weighted by molar-refractivity contribution is 9.10. The van der Waals surface area contributed by atoms with Gasteiger partial charge in [-0.3, -0.25) is 0 Å². The average molecular weight is 309 g/mol. The summed E-state index contributed by atoms with van der Waals surface area (Å²) >= 11 is 3.28. The third-order valence-electron chi connectivity index (χ3n) is 2.56. The lowest BCUT2D eigenvalue weighted by molar-refractivity contribution is 0.0697. The van der Waals surface area contributed by atoms with Gasteiger partial charge in [0.2, 0.25) is 0 Å². The van der Waals surface area contributed by atoms with Gasteiger partial charge >= 0.3 is 5.97 Å².